The van der Waals surface area contributed by atoms with Crippen LogP contribution in [0.2, 0.25) is 5.02 Å². The fraction of sp³-hybridized carbons (Fsp3) is 0.321. The van der Waals surface area contributed by atoms with E-state index in [1.807, 2.05) is 37.3 Å². The number of imidazole rings is 1. The number of methoxy groups -OCH3 is 1. The molecule has 0 radical (unpaired) electrons. The highest BCUT2D eigenvalue weighted by atomic mass is 35.5. The number of nitrogens with zero attached hydrogens (tertiary/aromatic N) is 2. The molecule has 2 atom stereocenters. The average Bonchev–Trinajstić information content (AvgIpc) is 3.40. The van der Waals surface area contributed by atoms with Crippen molar-refractivity contribution in [2.24, 2.45) is 5.92 Å². The van der Waals surface area contributed by atoms with Gasteiger partial charge >= 0.3 is 0 Å². The Balaban J connectivity index is 1.52. The number of allylic oxidation sites excluding steroid dienone is 3. The normalized spacial score (nSPS) is 20.3. The molecule has 168 valence electrons. The van der Waals surface area contributed by atoms with E-state index in [1.165, 1.54) is 11.3 Å². The number of halogens is 1. The number of aromatic nitrogens is 2. The third-order valence-corrected chi connectivity index (χ3v) is 7.05. The maximum atomic E-state index is 6.36. The van der Waals surface area contributed by atoms with Crippen molar-refractivity contribution in [3.8, 4) is 17.6 Å². The molecule has 1 fully saturated rings. The minimum absolute atomic E-state index is 0.183. The Morgan fingerprint density at radius 2 is 2.09 bits per heavy atom. The maximum Gasteiger partial charge on any atom is 0.130 e. The molecule has 2 aromatic carbocycles. The second-order valence-corrected chi connectivity index (χ2v) is 9.34. The molecule has 2 aliphatic rings. The number of ether oxygens (including phenoxy) is 1. The number of aryl methyl sites for hydroxylation is 1. The molecule has 0 amide bonds. The van der Waals surface area contributed by atoms with Gasteiger partial charge in [-0.3, -0.25) is 0 Å². The lowest BCUT2D eigenvalue weighted by Gasteiger charge is -2.30. The molecule has 1 aromatic heterocycles. The van der Waals surface area contributed by atoms with E-state index in [2.05, 4.69) is 46.9 Å². The lowest BCUT2D eigenvalue weighted by atomic mass is 9.98. The van der Waals surface area contributed by atoms with Crippen molar-refractivity contribution in [1.29, 1.82) is 0 Å². The van der Waals surface area contributed by atoms with Crippen LogP contribution in [0.15, 0.2) is 59.8 Å². The predicted octanol–water partition coefficient (Wildman–Crippen LogP) is 6.57. The summed E-state index contributed by atoms with van der Waals surface area (Å²) in [5.41, 5.74) is 6.40. The van der Waals surface area contributed by atoms with Crippen LogP contribution in [-0.2, 0) is 0 Å². The number of aromatic amines is 1. The maximum absolute atomic E-state index is 6.36. The molecule has 1 aliphatic heterocycles. The zero-order valence-electron chi connectivity index (χ0n) is 19.3. The Kier molecular flexibility index (Phi) is 5.91. The van der Waals surface area contributed by atoms with Gasteiger partial charge in [-0.05, 0) is 74.1 Å². The van der Waals surface area contributed by atoms with E-state index in [9.17, 15) is 0 Å². The average molecular weight is 458 g/mol. The molecule has 1 aliphatic carbocycles. The molecular weight excluding hydrogens is 430 g/mol. The fourth-order valence-electron chi connectivity index (χ4n) is 4.83. The van der Waals surface area contributed by atoms with Gasteiger partial charge < -0.3 is 14.6 Å². The molecule has 2 heterocycles. The van der Waals surface area contributed by atoms with E-state index in [0.717, 1.165) is 64.6 Å². The number of likely N-dealkylation sites (tertiary alicyclic amines) is 1. The van der Waals surface area contributed by atoms with E-state index in [0.29, 0.717) is 5.92 Å². The van der Waals surface area contributed by atoms with Gasteiger partial charge in [-0.15, -0.1) is 0 Å². The standard InChI is InChI=1S/C28H28ClN3O/c1-18-13-14-32(27(18)28-30-24-15-19(2)23(29)17-25(24)31-28)26-10-5-4-8-21(26)12-11-20-7-6-9-22(16-20)33-3/h5-7,9-10,15-18,27H,4,8,13-14H2,1-3H3,(H,30,31)/t18-,27-/m0/s1. The van der Waals surface area contributed by atoms with Gasteiger partial charge in [0.15, 0.2) is 0 Å². The lowest BCUT2D eigenvalue weighted by molar-refractivity contribution is 0.288. The minimum Gasteiger partial charge on any atom is -0.497 e. The van der Waals surface area contributed by atoms with Crippen molar-refractivity contribution >= 4 is 22.6 Å². The molecule has 0 saturated carbocycles. The van der Waals surface area contributed by atoms with Crippen molar-refractivity contribution in [2.75, 3.05) is 13.7 Å². The highest BCUT2D eigenvalue weighted by molar-refractivity contribution is 6.32. The topological polar surface area (TPSA) is 41.1 Å². The molecule has 0 spiro atoms. The summed E-state index contributed by atoms with van der Waals surface area (Å²) in [7, 11) is 1.68. The van der Waals surface area contributed by atoms with Crippen molar-refractivity contribution in [3.05, 3.63) is 81.8 Å². The number of H-pyrrole nitrogens is 1. The largest absolute Gasteiger partial charge is 0.497 e. The first-order valence-corrected chi connectivity index (χ1v) is 11.9. The molecule has 1 saturated heterocycles. The van der Waals surface area contributed by atoms with Crippen molar-refractivity contribution in [2.45, 2.75) is 39.2 Å². The molecule has 5 rings (SSSR count). The summed E-state index contributed by atoms with van der Waals surface area (Å²) in [4.78, 5) is 11.0. The Hall–Kier alpha value is -3.16. The molecule has 0 unspecified atom stereocenters. The minimum atomic E-state index is 0.183. The highest BCUT2D eigenvalue weighted by Crippen LogP contribution is 2.41. The van der Waals surface area contributed by atoms with Crippen molar-refractivity contribution in [3.63, 3.8) is 0 Å². The van der Waals surface area contributed by atoms with Gasteiger partial charge in [0.1, 0.15) is 11.6 Å². The third-order valence-electron chi connectivity index (χ3n) is 6.64. The Labute approximate surface area is 200 Å². The fourth-order valence-corrected chi connectivity index (χ4v) is 4.99. The van der Waals surface area contributed by atoms with Crippen LogP contribution in [0.1, 0.15) is 49.2 Å². The van der Waals surface area contributed by atoms with Crippen LogP contribution in [0.3, 0.4) is 0 Å². The summed E-state index contributed by atoms with van der Waals surface area (Å²) in [6.45, 7) is 5.33. The predicted molar refractivity (Wildman–Crippen MR) is 134 cm³/mol. The van der Waals surface area contributed by atoms with Crippen LogP contribution in [0, 0.1) is 24.7 Å². The summed E-state index contributed by atoms with van der Waals surface area (Å²) in [6, 6.07) is 12.2. The summed E-state index contributed by atoms with van der Waals surface area (Å²) in [6.07, 6.45) is 7.59. The van der Waals surface area contributed by atoms with Gasteiger partial charge in [0, 0.05) is 28.4 Å². The number of fused-ring (bicyclic) bond motifs is 1. The first kappa shape index (κ1) is 21.7. The molecule has 5 heteroatoms. The summed E-state index contributed by atoms with van der Waals surface area (Å²) in [5, 5.41) is 0.755. The molecule has 33 heavy (non-hydrogen) atoms. The summed E-state index contributed by atoms with van der Waals surface area (Å²) < 4.78 is 5.35. The Morgan fingerprint density at radius 3 is 2.94 bits per heavy atom. The van der Waals surface area contributed by atoms with E-state index in [1.54, 1.807) is 7.11 Å². The van der Waals surface area contributed by atoms with Crippen molar-refractivity contribution in [1.82, 2.24) is 14.9 Å². The number of benzene rings is 2. The van der Waals surface area contributed by atoms with E-state index in [-0.39, 0.29) is 6.04 Å². The van der Waals surface area contributed by atoms with E-state index >= 15 is 0 Å². The SMILES string of the molecule is COc1cccc(C#CC2=C(N3CC[C@H](C)[C@H]3c3nc4cc(Cl)c(C)cc4[nH]3)C=CCC2)c1. The van der Waals surface area contributed by atoms with Crippen molar-refractivity contribution < 1.29 is 4.74 Å². The van der Waals surface area contributed by atoms with E-state index < -0.39 is 0 Å². The molecule has 4 nitrogen and oxygen atoms in total. The van der Waals surface area contributed by atoms with Gasteiger partial charge in [-0.25, -0.2) is 4.98 Å². The van der Waals surface area contributed by atoms with Crippen LogP contribution in [0.25, 0.3) is 11.0 Å². The van der Waals surface area contributed by atoms with E-state index in [4.69, 9.17) is 21.3 Å². The molecule has 3 aromatic rings. The third kappa shape index (κ3) is 4.26. The van der Waals surface area contributed by atoms with Crippen LogP contribution < -0.4 is 4.74 Å². The second kappa shape index (κ2) is 9.00. The number of nitrogens with one attached hydrogen (secondary N) is 1. The first-order chi connectivity index (χ1) is 16.0. The van der Waals surface area contributed by atoms with Gasteiger partial charge in [-0.2, -0.15) is 0 Å². The van der Waals surface area contributed by atoms with Crippen LogP contribution in [-0.4, -0.2) is 28.5 Å². The van der Waals surface area contributed by atoms with Gasteiger partial charge in [0.25, 0.3) is 0 Å². The highest BCUT2D eigenvalue weighted by Gasteiger charge is 2.36. The number of hydrogen-bond acceptors (Lipinski definition) is 3. The molecule has 0 bridgehead atoms. The monoisotopic (exact) mass is 457 g/mol. The van der Waals surface area contributed by atoms with Gasteiger partial charge in [0.2, 0.25) is 0 Å². The Morgan fingerprint density at radius 1 is 1.21 bits per heavy atom. The lowest BCUT2D eigenvalue weighted by Crippen LogP contribution is -2.26. The zero-order chi connectivity index (χ0) is 22.9. The van der Waals surface area contributed by atoms with Crippen LogP contribution in [0.5, 0.6) is 5.75 Å². The van der Waals surface area contributed by atoms with Gasteiger partial charge in [-0.1, -0.05) is 42.5 Å². The molecular formula is C28H28ClN3O. The zero-order valence-corrected chi connectivity index (χ0v) is 20.0. The van der Waals surface area contributed by atoms with Crippen LogP contribution in [0.4, 0.5) is 0 Å². The first-order valence-electron chi connectivity index (χ1n) is 11.5. The smallest absolute Gasteiger partial charge is 0.130 e. The second-order valence-electron chi connectivity index (χ2n) is 8.93. The quantitative estimate of drug-likeness (QED) is 0.452. The summed E-state index contributed by atoms with van der Waals surface area (Å²) in [5.74, 6) is 9.15. The van der Waals surface area contributed by atoms with Gasteiger partial charge in [0.05, 0.1) is 24.2 Å². The molecule has 1 N–H and O–H groups in total. The number of rotatable bonds is 3. The summed E-state index contributed by atoms with van der Waals surface area (Å²) >= 11 is 6.36. The van der Waals surface area contributed by atoms with Crippen LogP contribution >= 0.6 is 11.6 Å². The number of hydrogen-bond donors (Lipinski definition) is 1. The Bertz CT molecular complexity index is 1280.